The summed E-state index contributed by atoms with van der Waals surface area (Å²) in [5, 5.41) is 2.19. The van der Waals surface area contributed by atoms with E-state index in [-0.39, 0.29) is 0 Å². The highest BCUT2D eigenvalue weighted by molar-refractivity contribution is 6.07. The fraction of sp³-hybridized carbons (Fsp3) is 0.353. The van der Waals surface area contributed by atoms with Crippen molar-refractivity contribution in [2.24, 2.45) is 0 Å². The third-order valence-corrected chi connectivity index (χ3v) is 3.73. The maximum Gasteiger partial charge on any atom is 0.176 e. The largest absolute Gasteiger partial charge is 0.457 e. The Morgan fingerprint density at radius 2 is 1.95 bits per heavy atom. The molecule has 0 atom stereocenters. The lowest BCUT2D eigenvalue weighted by molar-refractivity contribution is 0.527. The zero-order valence-electron chi connectivity index (χ0n) is 11.9. The number of rotatable bonds is 5. The number of nitrogens with zero attached hydrogens (tertiary/aromatic N) is 1. The molecule has 104 valence electrons. The van der Waals surface area contributed by atoms with Crippen molar-refractivity contribution in [1.82, 2.24) is 4.98 Å². The van der Waals surface area contributed by atoms with E-state index in [0.717, 1.165) is 34.1 Å². The van der Waals surface area contributed by atoms with E-state index in [0.29, 0.717) is 5.82 Å². The lowest BCUT2D eigenvalue weighted by Crippen LogP contribution is -1.91. The molecule has 0 unspecified atom stereocenters. The molecular weight excluding hydrogens is 248 g/mol. The Balaban J connectivity index is 1.97. The van der Waals surface area contributed by atoms with Gasteiger partial charge < -0.3 is 10.2 Å². The van der Waals surface area contributed by atoms with Crippen LogP contribution in [0.5, 0.6) is 0 Å². The lowest BCUT2D eigenvalue weighted by Gasteiger charge is -2.00. The number of anilines is 1. The number of para-hydroxylation sites is 1. The van der Waals surface area contributed by atoms with Crippen molar-refractivity contribution in [1.29, 1.82) is 0 Å². The molecule has 3 aromatic rings. The van der Waals surface area contributed by atoms with Crippen LogP contribution in [0.3, 0.4) is 0 Å². The minimum atomic E-state index is 0.485. The van der Waals surface area contributed by atoms with Crippen LogP contribution in [0.2, 0.25) is 0 Å². The van der Waals surface area contributed by atoms with Gasteiger partial charge in [0.15, 0.2) is 11.4 Å². The van der Waals surface area contributed by atoms with E-state index in [2.05, 4.69) is 24.0 Å². The lowest BCUT2D eigenvalue weighted by atomic mass is 10.1. The molecule has 2 N–H and O–H groups in total. The molecule has 0 saturated carbocycles. The summed E-state index contributed by atoms with van der Waals surface area (Å²) in [5.41, 5.74) is 7.66. The first-order valence-electron chi connectivity index (χ1n) is 7.36. The predicted molar refractivity (Wildman–Crippen MR) is 83.8 cm³/mol. The second kappa shape index (κ2) is 5.53. The normalized spacial score (nSPS) is 11.4. The highest BCUT2D eigenvalue weighted by Gasteiger charge is 2.11. The topological polar surface area (TPSA) is 52.0 Å². The molecule has 3 rings (SSSR count). The predicted octanol–water partition coefficient (Wildman–Crippen LogP) is 4.69. The van der Waals surface area contributed by atoms with Gasteiger partial charge in [0, 0.05) is 17.2 Å². The third kappa shape index (κ3) is 2.36. The van der Waals surface area contributed by atoms with Crippen molar-refractivity contribution in [3.05, 3.63) is 36.1 Å². The summed E-state index contributed by atoms with van der Waals surface area (Å²) in [6.07, 6.45) is 5.93. The average Bonchev–Trinajstić information content (AvgIpc) is 2.89. The second-order valence-corrected chi connectivity index (χ2v) is 5.28. The minimum absolute atomic E-state index is 0.485. The Labute approximate surface area is 118 Å². The van der Waals surface area contributed by atoms with Gasteiger partial charge in [-0.3, -0.25) is 0 Å². The maximum atomic E-state index is 6.01. The van der Waals surface area contributed by atoms with E-state index in [1.807, 2.05) is 18.2 Å². The van der Waals surface area contributed by atoms with Gasteiger partial charge in [-0.2, -0.15) is 0 Å². The Kier molecular flexibility index (Phi) is 3.59. The van der Waals surface area contributed by atoms with Crippen LogP contribution in [0.15, 0.2) is 34.7 Å². The molecular formula is C17H20N2O. The molecule has 20 heavy (non-hydrogen) atoms. The molecule has 2 aromatic heterocycles. The summed E-state index contributed by atoms with van der Waals surface area (Å²) in [7, 11) is 0. The van der Waals surface area contributed by atoms with E-state index < -0.39 is 0 Å². The van der Waals surface area contributed by atoms with Gasteiger partial charge in [0.25, 0.3) is 0 Å². The van der Waals surface area contributed by atoms with Crippen LogP contribution in [0, 0.1) is 0 Å². The van der Waals surface area contributed by atoms with Crippen LogP contribution in [-0.4, -0.2) is 4.98 Å². The van der Waals surface area contributed by atoms with E-state index >= 15 is 0 Å². The van der Waals surface area contributed by atoms with Crippen molar-refractivity contribution in [2.75, 3.05) is 5.73 Å². The van der Waals surface area contributed by atoms with Gasteiger partial charge in [0.05, 0.1) is 5.52 Å². The molecule has 0 aliphatic heterocycles. The van der Waals surface area contributed by atoms with E-state index in [4.69, 9.17) is 10.2 Å². The Morgan fingerprint density at radius 3 is 2.80 bits per heavy atom. The van der Waals surface area contributed by atoms with Crippen LogP contribution in [0.1, 0.15) is 38.4 Å². The van der Waals surface area contributed by atoms with Crippen molar-refractivity contribution >= 4 is 27.7 Å². The van der Waals surface area contributed by atoms with Gasteiger partial charge in [-0.05, 0) is 18.6 Å². The Morgan fingerprint density at radius 1 is 1.10 bits per heavy atom. The van der Waals surface area contributed by atoms with Gasteiger partial charge in [-0.25, -0.2) is 4.98 Å². The maximum absolute atomic E-state index is 6.01. The summed E-state index contributed by atoms with van der Waals surface area (Å²) in [6.45, 7) is 2.22. The zero-order valence-corrected chi connectivity index (χ0v) is 11.9. The molecule has 0 radical (unpaired) electrons. The number of aryl methyl sites for hydroxylation is 1. The van der Waals surface area contributed by atoms with Gasteiger partial charge >= 0.3 is 0 Å². The number of unbranched alkanes of at least 4 members (excludes halogenated alkanes) is 3. The number of aromatic nitrogens is 1. The second-order valence-electron chi connectivity index (χ2n) is 5.28. The van der Waals surface area contributed by atoms with Crippen LogP contribution in [-0.2, 0) is 6.42 Å². The first-order valence-corrected chi connectivity index (χ1v) is 7.36. The molecule has 0 saturated heterocycles. The number of pyridine rings is 1. The standard InChI is InChI=1S/C17H20N2O/c1-2-3-4-5-8-12-11-14-13-9-6-7-10-15(13)19-17(18)16(14)20-12/h6-7,9-11H,2-5,8H2,1H3,(H2,18,19). The van der Waals surface area contributed by atoms with Gasteiger partial charge in [0.2, 0.25) is 0 Å². The zero-order chi connectivity index (χ0) is 13.9. The van der Waals surface area contributed by atoms with Crippen molar-refractivity contribution < 1.29 is 4.42 Å². The van der Waals surface area contributed by atoms with Crippen molar-refractivity contribution in [3.63, 3.8) is 0 Å². The smallest absolute Gasteiger partial charge is 0.176 e. The molecule has 3 nitrogen and oxygen atoms in total. The molecule has 0 fully saturated rings. The number of hydrogen-bond donors (Lipinski definition) is 1. The van der Waals surface area contributed by atoms with Gasteiger partial charge in [0.1, 0.15) is 5.76 Å². The summed E-state index contributed by atoms with van der Waals surface area (Å²) in [4.78, 5) is 4.41. The summed E-state index contributed by atoms with van der Waals surface area (Å²) in [5.74, 6) is 1.50. The van der Waals surface area contributed by atoms with Gasteiger partial charge in [-0.1, -0.05) is 44.4 Å². The summed E-state index contributed by atoms with van der Waals surface area (Å²) in [6, 6.07) is 10.2. The number of nitrogen functional groups attached to an aromatic ring is 1. The SMILES string of the molecule is CCCCCCc1cc2c(o1)c(N)nc1ccccc12. The van der Waals surface area contributed by atoms with E-state index in [1.54, 1.807) is 0 Å². The van der Waals surface area contributed by atoms with Crippen LogP contribution in [0.4, 0.5) is 5.82 Å². The first kappa shape index (κ1) is 13.0. The van der Waals surface area contributed by atoms with E-state index in [9.17, 15) is 0 Å². The van der Waals surface area contributed by atoms with Gasteiger partial charge in [-0.15, -0.1) is 0 Å². The number of benzene rings is 1. The quantitative estimate of drug-likeness (QED) is 0.683. The third-order valence-electron chi connectivity index (χ3n) is 3.73. The van der Waals surface area contributed by atoms with E-state index in [1.165, 1.54) is 25.7 Å². The number of hydrogen-bond acceptors (Lipinski definition) is 3. The van der Waals surface area contributed by atoms with Crippen molar-refractivity contribution in [3.8, 4) is 0 Å². The Bertz CT molecular complexity index is 730. The monoisotopic (exact) mass is 268 g/mol. The molecule has 0 aliphatic carbocycles. The molecule has 2 heterocycles. The highest BCUT2D eigenvalue weighted by atomic mass is 16.3. The average molecular weight is 268 g/mol. The summed E-state index contributed by atoms with van der Waals surface area (Å²) >= 11 is 0. The molecule has 1 aromatic carbocycles. The highest BCUT2D eigenvalue weighted by Crippen LogP contribution is 2.31. The van der Waals surface area contributed by atoms with Crippen LogP contribution in [0.25, 0.3) is 21.9 Å². The molecule has 0 amide bonds. The van der Waals surface area contributed by atoms with Crippen LogP contribution >= 0.6 is 0 Å². The minimum Gasteiger partial charge on any atom is -0.457 e. The number of furan rings is 1. The first-order chi connectivity index (χ1) is 9.79. The molecule has 0 spiro atoms. The summed E-state index contributed by atoms with van der Waals surface area (Å²) < 4.78 is 5.90. The fourth-order valence-electron chi connectivity index (χ4n) is 2.66. The molecule has 0 bridgehead atoms. The van der Waals surface area contributed by atoms with Crippen LogP contribution < -0.4 is 5.73 Å². The fourth-order valence-corrected chi connectivity index (χ4v) is 2.66. The Hall–Kier alpha value is -2.03. The number of fused-ring (bicyclic) bond motifs is 3. The number of nitrogens with two attached hydrogens (primary N) is 1. The molecule has 0 aliphatic rings. The van der Waals surface area contributed by atoms with Crippen molar-refractivity contribution in [2.45, 2.75) is 39.0 Å². The molecule has 3 heteroatoms.